The summed E-state index contributed by atoms with van der Waals surface area (Å²) in [7, 11) is 0. The van der Waals surface area contributed by atoms with Gasteiger partial charge in [0.1, 0.15) is 22.5 Å². The van der Waals surface area contributed by atoms with Crippen molar-refractivity contribution >= 4 is 67.1 Å². The summed E-state index contributed by atoms with van der Waals surface area (Å²) in [6.07, 6.45) is 2.76. The summed E-state index contributed by atoms with van der Waals surface area (Å²) in [6, 6.07) is 9.49. The number of benzene rings is 1. The standard InChI is InChI=1S/C21H16ClN3O4S2/c22-18-12-4-1-2-6-15(12)30-19(18)20(28)24-9-17(27)29-10-16(26)25-21-13(8-23)11-5-3-7-14(11)31-21/h1-2,4,6H,3,5,7,9-10H2,(H,24,28)(H,25,26). The number of aryl methyl sites for hydroxylation is 1. The number of rotatable bonds is 6. The van der Waals surface area contributed by atoms with E-state index >= 15 is 0 Å². The Hall–Kier alpha value is -2.93. The second-order valence-electron chi connectivity index (χ2n) is 6.81. The van der Waals surface area contributed by atoms with Gasteiger partial charge in [-0.2, -0.15) is 5.26 Å². The molecule has 2 aromatic heterocycles. The fourth-order valence-corrected chi connectivity index (χ4v) is 6.05. The van der Waals surface area contributed by atoms with Crippen LogP contribution in [0.4, 0.5) is 5.00 Å². The van der Waals surface area contributed by atoms with Crippen LogP contribution in [0, 0.1) is 11.3 Å². The number of thiophene rings is 2. The predicted octanol–water partition coefficient (Wildman–Crippen LogP) is 3.89. The zero-order valence-electron chi connectivity index (χ0n) is 16.1. The van der Waals surface area contributed by atoms with Crippen LogP contribution < -0.4 is 10.6 Å². The maximum absolute atomic E-state index is 12.4. The number of esters is 1. The van der Waals surface area contributed by atoms with E-state index in [1.54, 1.807) is 0 Å². The molecule has 31 heavy (non-hydrogen) atoms. The molecule has 0 atom stereocenters. The first-order valence-corrected chi connectivity index (χ1v) is 11.4. The van der Waals surface area contributed by atoms with Gasteiger partial charge in [0.05, 0.1) is 10.6 Å². The first kappa shape index (κ1) is 21.3. The van der Waals surface area contributed by atoms with Crippen LogP contribution in [0.1, 0.15) is 32.1 Å². The quantitative estimate of drug-likeness (QED) is 0.528. The third-order valence-corrected chi connectivity index (χ3v) is 7.67. The number of hydrogen-bond donors (Lipinski definition) is 2. The summed E-state index contributed by atoms with van der Waals surface area (Å²) in [5.74, 6) is -1.78. The van der Waals surface area contributed by atoms with Crippen molar-refractivity contribution in [2.24, 2.45) is 0 Å². The molecule has 1 aliphatic rings. The second-order valence-corrected chi connectivity index (χ2v) is 9.34. The highest BCUT2D eigenvalue weighted by molar-refractivity contribution is 7.21. The lowest BCUT2D eigenvalue weighted by Crippen LogP contribution is -2.32. The van der Waals surface area contributed by atoms with Gasteiger partial charge in [0.2, 0.25) is 0 Å². The summed E-state index contributed by atoms with van der Waals surface area (Å²) in [5, 5.41) is 16.0. The predicted molar refractivity (Wildman–Crippen MR) is 120 cm³/mol. The number of nitriles is 1. The van der Waals surface area contributed by atoms with Crippen LogP contribution in [-0.4, -0.2) is 30.9 Å². The van der Waals surface area contributed by atoms with E-state index in [4.69, 9.17) is 16.3 Å². The molecule has 0 saturated carbocycles. The van der Waals surface area contributed by atoms with Gasteiger partial charge >= 0.3 is 5.97 Å². The molecule has 1 aromatic carbocycles. The van der Waals surface area contributed by atoms with Crippen molar-refractivity contribution < 1.29 is 19.1 Å². The third kappa shape index (κ3) is 4.42. The molecule has 0 aliphatic heterocycles. The van der Waals surface area contributed by atoms with Gasteiger partial charge < -0.3 is 15.4 Å². The van der Waals surface area contributed by atoms with Crippen molar-refractivity contribution in [2.75, 3.05) is 18.5 Å². The molecule has 3 aromatic rings. The third-order valence-electron chi connectivity index (χ3n) is 4.78. The number of hydrogen-bond acceptors (Lipinski definition) is 7. The highest BCUT2D eigenvalue weighted by atomic mass is 35.5. The monoisotopic (exact) mass is 473 g/mol. The summed E-state index contributed by atoms with van der Waals surface area (Å²) in [4.78, 5) is 37.8. The van der Waals surface area contributed by atoms with Gasteiger partial charge in [0.25, 0.3) is 11.8 Å². The Morgan fingerprint density at radius 1 is 1.19 bits per heavy atom. The van der Waals surface area contributed by atoms with Crippen molar-refractivity contribution in [3.63, 3.8) is 0 Å². The highest BCUT2D eigenvalue weighted by Gasteiger charge is 2.23. The maximum atomic E-state index is 12.4. The average molecular weight is 474 g/mol. The largest absolute Gasteiger partial charge is 0.454 e. The summed E-state index contributed by atoms with van der Waals surface area (Å²) in [5.41, 5.74) is 1.49. The van der Waals surface area contributed by atoms with E-state index in [1.807, 2.05) is 24.3 Å². The Kier molecular flexibility index (Phi) is 6.23. The Labute approximate surface area is 190 Å². The van der Waals surface area contributed by atoms with Crippen LogP contribution in [0.15, 0.2) is 24.3 Å². The van der Waals surface area contributed by atoms with E-state index in [0.717, 1.165) is 39.8 Å². The summed E-state index contributed by atoms with van der Waals surface area (Å²) < 4.78 is 5.80. The lowest BCUT2D eigenvalue weighted by molar-refractivity contribution is -0.146. The van der Waals surface area contributed by atoms with Gasteiger partial charge in [-0.3, -0.25) is 14.4 Å². The number of halogens is 1. The van der Waals surface area contributed by atoms with Crippen LogP contribution in [0.2, 0.25) is 5.02 Å². The van der Waals surface area contributed by atoms with E-state index in [0.29, 0.717) is 20.5 Å². The zero-order chi connectivity index (χ0) is 22.0. The van der Waals surface area contributed by atoms with E-state index < -0.39 is 30.9 Å². The zero-order valence-corrected chi connectivity index (χ0v) is 18.5. The lowest BCUT2D eigenvalue weighted by atomic mass is 10.1. The Balaban J connectivity index is 1.27. The molecule has 10 heteroatoms. The molecule has 2 heterocycles. The average Bonchev–Trinajstić information content (AvgIpc) is 3.44. The summed E-state index contributed by atoms with van der Waals surface area (Å²) in [6.45, 7) is -0.904. The van der Waals surface area contributed by atoms with Gasteiger partial charge in [-0.25, -0.2) is 0 Å². The number of amides is 2. The first-order chi connectivity index (χ1) is 15.0. The fourth-order valence-electron chi connectivity index (χ4n) is 3.36. The minimum Gasteiger partial charge on any atom is -0.454 e. The minimum atomic E-state index is -0.755. The van der Waals surface area contributed by atoms with E-state index in [9.17, 15) is 19.6 Å². The molecule has 2 amide bonds. The molecule has 2 N–H and O–H groups in total. The van der Waals surface area contributed by atoms with Gasteiger partial charge in [-0.15, -0.1) is 22.7 Å². The van der Waals surface area contributed by atoms with Gasteiger partial charge in [0.15, 0.2) is 6.61 Å². The van der Waals surface area contributed by atoms with Crippen molar-refractivity contribution in [3.8, 4) is 6.07 Å². The van der Waals surface area contributed by atoms with Crippen LogP contribution in [-0.2, 0) is 27.2 Å². The number of carbonyl (C=O) groups is 3. The smallest absolute Gasteiger partial charge is 0.325 e. The molecular weight excluding hydrogens is 458 g/mol. The number of ether oxygens (including phenoxy) is 1. The molecule has 0 spiro atoms. The van der Waals surface area contributed by atoms with Crippen LogP contribution in [0.25, 0.3) is 10.1 Å². The van der Waals surface area contributed by atoms with Crippen molar-refractivity contribution in [2.45, 2.75) is 19.3 Å². The molecule has 7 nitrogen and oxygen atoms in total. The number of nitrogens with one attached hydrogen (secondary N) is 2. The lowest BCUT2D eigenvalue weighted by Gasteiger charge is -2.07. The molecule has 0 unspecified atom stereocenters. The van der Waals surface area contributed by atoms with Crippen LogP contribution in [0.3, 0.4) is 0 Å². The Morgan fingerprint density at radius 2 is 2.00 bits per heavy atom. The maximum Gasteiger partial charge on any atom is 0.325 e. The number of carbonyl (C=O) groups excluding carboxylic acids is 3. The Bertz CT molecular complexity index is 1240. The van der Waals surface area contributed by atoms with Crippen LogP contribution in [0.5, 0.6) is 0 Å². The fraction of sp³-hybridized carbons (Fsp3) is 0.238. The SMILES string of the molecule is N#Cc1c(NC(=O)COC(=O)CNC(=O)c2sc3ccccc3c2Cl)sc2c1CCC2. The minimum absolute atomic E-state index is 0.309. The molecule has 158 valence electrons. The summed E-state index contributed by atoms with van der Waals surface area (Å²) >= 11 is 8.88. The number of anilines is 1. The van der Waals surface area contributed by atoms with Gasteiger partial charge in [-0.05, 0) is 30.9 Å². The molecule has 0 saturated heterocycles. The van der Waals surface area contributed by atoms with E-state index in [-0.39, 0.29) is 0 Å². The topological polar surface area (TPSA) is 108 Å². The molecule has 4 rings (SSSR count). The van der Waals surface area contributed by atoms with Gasteiger partial charge in [-0.1, -0.05) is 29.8 Å². The molecular formula is C21H16ClN3O4S2. The van der Waals surface area contributed by atoms with Gasteiger partial charge in [0, 0.05) is 15.0 Å². The van der Waals surface area contributed by atoms with Crippen molar-refractivity contribution in [1.82, 2.24) is 5.32 Å². The normalized spacial score (nSPS) is 12.3. The second kappa shape index (κ2) is 9.06. The molecule has 0 fully saturated rings. The molecule has 0 radical (unpaired) electrons. The van der Waals surface area contributed by atoms with Crippen LogP contribution >= 0.6 is 34.3 Å². The molecule has 0 bridgehead atoms. The first-order valence-electron chi connectivity index (χ1n) is 9.43. The van der Waals surface area contributed by atoms with E-state index in [1.165, 1.54) is 22.7 Å². The Morgan fingerprint density at radius 3 is 2.77 bits per heavy atom. The molecule has 1 aliphatic carbocycles. The van der Waals surface area contributed by atoms with Crippen molar-refractivity contribution in [3.05, 3.63) is 50.2 Å². The number of fused-ring (bicyclic) bond motifs is 2. The van der Waals surface area contributed by atoms with E-state index in [2.05, 4.69) is 16.7 Å². The number of nitrogens with zero attached hydrogens (tertiary/aromatic N) is 1. The van der Waals surface area contributed by atoms with Crippen molar-refractivity contribution in [1.29, 1.82) is 5.26 Å². The highest BCUT2D eigenvalue weighted by Crippen LogP contribution is 2.38.